The van der Waals surface area contributed by atoms with E-state index in [2.05, 4.69) is 24.0 Å². The smallest absolute Gasteiger partial charge is 0.255 e. The molecule has 0 aliphatic carbocycles. The molecule has 1 amide bonds. The predicted octanol–water partition coefficient (Wildman–Crippen LogP) is 5.90. The first-order valence-electron chi connectivity index (χ1n) is 10.9. The van der Waals surface area contributed by atoms with Gasteiger partial charge in [0, 0.05) is 34.9 Å². The molecule has 5 nitrogen and oxygen atoms in total. The Bertz CT molecular complexity index is 1280. The van der Waals surface area contributed by atoms with Crippen LogP contribution in [0.1, 0.15) is 27.2 Å². The lowest BCUT2D eigenvalue weighted by molar-refractivity contribution is 0.102. The number of amides is 1. The number of allylic oxidation sites excluding steroid dienone is 1. The van der Waals surface area contributed by atoms with E-state index in [-0.39, 0.29) is 5.91 Å². The second kappa shape index (κ2) is 10.0. The van der Waals surface area contributed by atoms with Crippen molar-refractivity contribution in [2.24, 2.45) is 0 Å². The Balaban J connectivity index is 1.62. The highest BCUT2D eigenvalue weighted by atomic mass is 16.5. The van der Waals surface area contributed by atoms with Crippen molar-refractivity contribution in [3.05, 3.63) is 114 Å². The van der Waals surface area contributed by atoms with E-state index < -0.39 is 0 Å². The maximum atomic E-state index is 12.9. The van der Waals surface area contributed by atoms with Gasteiger partial charge in [0.15, 0.2) is 0 Å². The molecule has 3 aromatic carbocycles. The van der Waals surface area contributed by atoms with E-state index in [0.29, 0.717) is 30.0 Å². The molecule has 0 aliphatic rings. The summed E-state index contributed by atoms with van der Waals surface area (Å²) >= 11 is 0. The van der Waals surface area contributed by atoms with Gasteiger partial charge < -0.3 is 10.1 Å². The number of carbonyl (C=O) groups is 1. The molecule has 5 heteroatoms. The molecule has 0 saturated heterocycles. The lowest BCUT2D eigenvalue weighted by atomic mass is 9.98. The van der Waals surface area contributed by atoms with Crippen molar-refractivity contribution in [1.29, 1.82) is 0 Å². The first-order chi connectivity index (χ1) is 16.1. The molecular formula is C28H27N3O2. The minimum Gasteiger partial charge on any atom is -0.497 e. The summed E-state index contributed by atoms with van der Waals surface area (Å²) < 4.78 is 7.23. The molecule has 33 heavy (non-hydrogen) atoms. The summed E-state index contributed by atoms with van der Waals surface area (Å²) in [7, 11) is 1.60. The third kappa shape index (κ3) is 5.04. The van der Waals surface area contributed by atoms with Gasteiger partial charge in [-0.15, -0.1) is 6.58 Å². The lowest BCUT2D eigenvalue weighted by Gasteiger charge is -2.11. The molecule has 0 spiro atoms. The van der Waals surface area contributed by atoms with Crippen LogP contribution in [0.2, 0.25) is 0 Å². The van der Waals surface area contributed by atoms with Gasteiger partial charge in [-0.2, -0.15) is 5.10 Å². The molecule has 1 heterocycles. The molecule has 0 fully saturated rings. The fourth-order valence-electron chi connectivity index (χ4n) is 3.93. The first-order valence-corrected chi connectivity index (χ1v) is 10.9. The fourth-order valence-corrected chi connectivity index (χ4v) is 3.93. The van der Waals surface area contributed by atoms with Crippen LogP contribution < -0.4 is 10.1 Å². The van der Waals surface area contributed by atoms with Crippen LogP contribution in [0.4, 0.5) is 5.69 Å². The molecule has 0 radical (unpaired) electrons. The van der Waals surface area contributed by atoms with Crippen LogP contribution in [0.25, 0.3) is 11.3 Å². The van der Waals surface area contributed by atoms with E-state index in [1.165, 1.54) is 0 Å². The molecule has 1 aromatic heterocycles. The van der Waals surface area contributed by atoms with Crippen LogP contribution >= 0.6 is 0 Å². The summed E-state index contributed by atoms with van der Waals surface area (Å²) in [5, 5.41) is 7.70. The highest BCUT2D eigenvalue weighted by Crippen LogP contribution is 2.29. The van der Waals surface area contributed by atoms with Gasteiger partial charge in [0.05, 0.1) is 25.0 Å². The molecule has 4 aromatic rings. The number of carbonyl (C=O) groups excluding carboxylic acids is 1. The summed E-state index contributed by atoms with van der Waals surface area (Å²) in [4.78, 5) is 12.9. The number of hydrogen-bond donors (Lipinski definition) is 1. The van der Waals surface area contributed by atoms with Gasteiger partial charge in [0.2, 0.25) is 0 Å². The molecule has 1 N–H and O–H groups in total. The Morgan fingerprint density at radius 3 is 2.61 bits per heavy atom. The average Bonchev–Trinajstić information content (AvgIpc) is 3.14. The highest BCUT2D eigenvalue weighted by molar-refractivity contribution is 6.04. The number of anilines is 1. The Morgan fingerprint density at radius 2 is 1.85 bits per heavy atom. The molecule has 0 saturated carbocycles. The standard InChI is InChI=1S/C28H27N3O2/c1-4-16-31-27(22-11-6-5-7-12-22)26(20(2)30-31)18-21-10-8-13-23(17-21)28(32)29-24-14-9-15-25(19-24)33-3/h4-15,17,19H,1,16,18H2,2-3H3,(H,29,32). The van der Waals surface area contributed by atoms with Crippen LogP contribution in [-0.2, 0) is 13.0 Å². The van der Waals surface area contributed by atoms with Gasteiger partial charge in [-0.3, -0.25) is 9.48 Å². The Hall–Kier alpha value is -4.12. The molecular weight excluding hydrogens is 410 g/mol. The third-order valence-corrected chi connectivity index (χ3v) is 5.50. The fraction of sp³-hybridized carbons (Fsp3) is 0.143. The van der Waals surface area contributed by atoms with Gasteiger partial charge in [0.25, 0.3) is 5.91 Å². The summed E-state index contributed by atoms with van der Waals surface area (Å²) in [6.45, 7) is 6.54. The van der Waals surface area contributed by atoms with E-state index in [1.807, 2.05) is 78.3 Å². The van der Waals surface area contributed by atoms with Gasteiger partial charge in [-0.05, 0) is 36.8 Å². The van der Waals surface area contributed by atoms with Crippen LogP contribution in [0.15, 0.2) is 91.5 Å². The van der Waals surface area contributed by atoms with Crippen molar-refractivity contribution in [3.8, 4) is 17.0 Å². The molecule has 0 atom stereocenters. The highest BCUT2D eigenvalue weighted by Gasteiger charge is 2.17. The lowest BCUT2D eigenvalue weighted by Crippen LogP contribution is -2.12. The quantitative estimate of drug-likeness (QED) is 0.349. The number of hydrogen-bond acceptors (Lipinski definition) is 3. The Kier molecular flexibility index (Phi) is 6.69. The molecule has 0 unspecified atom stereocenters. The van der Waals surface area contributed by atoms with Gasteiger partial charge in [-0.1, -0.05) is 54.6 Å². The van der Waals surface area contributed by atoms with Crippen LogP contribution in [0, 0.1) is 6.92 Å². The van der Waals surface area contributed by atoms with Gasteiger partial charge >= 0.3 is 0 Å². The van der Waals surface area contributed by atoms with Crippen molar-refractivity contribution < 1.29 is 9.53 Å². The number of methoxy groups -OCH3 is 1. The van der Waals surface area contributed by atoms with Gasteiger partial charge in [0.1, 0.15) is 5.75 Å². The first kappa shape index (κ1) is 22.1. The van der Waals surface area contributed by atoms with E-state index in [4.69, 9.17) is 9.84 Å². The zero-order chi connectivity index (χ0) is 23.2. The van der Waals surface area contributed by atoms with Crippen LogP contribution in [-0.4, -0.2) is 22.8 Å². The van der Waals surface area contributed by atoms with Crippen LogP contribution in [0.3, 0.4) is 0 Å². The summed E-state index contributed by atoms with van der Waals surface area (Å²) in [5.74, 6) is 0.537. The minimum absolute atomic E-state index is 0.160. The minimum atomic E-state index is -0.160. The zero-order valence-corrected chi connectivity index (χ0v) is 18.9. The third-order valence-electron chi connectivity index (χ3n) is 5.50. The van der Waals surface area contributed by atoms with Crippen molar-refractivity contribution >= 4 is 11.6 Å². The predicted molar refractivity (Wildman–Crippen MR) is 133 cm³/mol. The topological polar surface area (TPSA) is 56.2 Å². The van der Waals surface area contributed by atoms with Crippen molar-refractivity contribution in [1.82, 2.24) is 9.78 Å². The summed E-state index contributed by atoms with van der Waals surface area (Å²) in [6, 6.07) is 25.3. The Labute approximate surface area is 194 Å². The normalized spacial score (nSPS) is 10.6. The van der Waals surface area contributed by atoms with Crippen molar-refractivity contribution in [3.63, 3.8) is 0 Å². The van der Waals surface area contributed by atoms with Crippen molar-refractivity contribution in [2.45, 2.75) is 19.9 Å². The number of benzene rings is 3. The van der Waals surface area contributed by atoms with E-state index in [9.17, 15) is 4.79 Å². The molecule has 166 valence electrons. The number of aromatic nitrogens is 2. The Morgan fingerprint density at radius 1 is 1.06 bits per heavy atom. The van der Waals surface area contributed by atoms with E-state index >= 15 is 0 Å². The summed E-state index contributed by atoms with van der Waals surface area (Å²) in [6.07, 6.45) is 2.53. The maximum Gasteiger partial charge on any atom is 0.255 e. The molecule has 0 aliphatic heterocycles. The number of ether oxygens (including phenoxy) is 1. The molecule has 4 rings (SSSR count). The van der Waals surface area contributed by atoms with Crippen LogP contribution in [0.5, 0.6) is 5.75 Å². The zero-order valence-electron chi connectivity index (χ0n) is 18.9. The second-order valence-electron chi connectivity index (χ2n) is 7.81. The number of nitrogens with one attached hydrogen (secondary N) is 1. The number of rotatable bonds is 8. The van der Waals surface area contributed by atoms with Gasteiger partial charge in [-0.25, -0.2) is 0 Å². The summed E-state index contributed by atoms with van der Waals surface area (Å²) in [5.41, 5.74) is 6.66. The molecule has 0 bridgehead atoms. The average molecular weight is 438 g/mol. The second-order valence-corrected chi connectivity index (χ2v) is 7.81. The van der Waals surface area contributed by atoms with E-state index in [1.54, 1.807) is 13.2 Å². The van der Waals surface area contributed by atoms with E-state index in [0.717, 1.165) is 28.1 Å². The SMILES string of the molecule is C=CCn1nc(C)c(Cc2cccc(C(=O)Nc3cccc(OC)c3)c2)c1-c1ccccc1. The largest absolute Gasteiger partial charge is 0.497 e. The maximum absolute atomic E-state index is 12.9. The van der Waals surface area contributed by atoms with Crippen molar-refractivity contribution in [2.75, 3.05) is 12.4 Å². The number of nitrogens with zero attached hydrogens (tertiary/aromatic N) is 2. The monoisotopic (exact) mass is 437 g/mol. The number of aryl methyl sites for hydroxylation is 1.